The van der Waals surface area contributed by atoms with Crippen molar-refractivity contribution in [2.24, 2.45) is 0 Å². The number of benzene rings is 1. The Morgan fingerprint density at radius 1 is 1.38 bits per heavy atom. The summed E-state index contributed by atoms with van der Waals surface area (Å²) in [6, 6.07) is 3.13. The second kappa shape index (κ2) is 6.33. The van der Waals surface area contributed by atoms with Crippen molar-refractivity contribution in [3.8, 4) is 0 Å². The number of hydrogen-bond donors (Lipinski definition) is 0. The van der Waals surface area contributed by atoms with Crippen LogP contribution in [0.25, 0.3) is 0 Å². The molecule has 0 aliphatic heterocycles. The Kier molecular flexibility index (Phi) is 5.05. The van der Waals surface area contributed by atoms with Gasteiger partial charge in [-0.25, -0.2) is 8.78 Å². The molecule has 0 unspecified atom stereocenters. The SMILES string of the molecule is COCCCC(=O)Cc1cc(F)ccc1F. The highest BCUT2D eigenvalue weighted by Crippen LogP contribution is 2.11. The first-order chi connectivity index (χ1) is 7.63. The molecule has 0 atom stereocenters. The topological polar surface area (TPSA) is 26.3 Å². The van der Waals surface area contributed by atoms with Crippen LogP contribution >= 0.6 is 0 Å². The Balaban J connectivity index is 2.52. The van der Waals surface area contributed by atoms with Gasteiger partial charge in [0.25, 0.3) is 0 Å². The predicted octanol–water partition coefficient (Wildman–Crippen LogP) is 2.50. The van der Waals surface area contributed by atoms with Crippen LogP contribution in [-0.2, 0) is 16.0 Å². The molecular weight excluding hydrogens is 214 g/mol. The molecule has 0 heterocycles. The van der Waals surface area contributed by atoms with Crippen molar-refractivity contribution >= 4 is 5.78 Å². The fourth-order valence-electron chi connectivity index (χ4n) is 1.39. The van der Waals surface area contributed by atoms with Crippen LogP contribution < -0.4 is 0 Å². The zero-order valence-corrected chi connectivity index (χ0v) is 9.13. The van der Waals surface area contributed by atoms with Crippen molar-refractivity contribution in [3.63, 3.8) is 0 Å². The van der Waals surface area contributed by atoms with Gasteiger partial charge in [-0.3, -0.25) is 4.79 Å². The summed E-state index contributed by atoms with van der Waals surface area (Å²) in [6.45, 7) is 0.497. The standard InChI is InChI=1S/C12H14F2O2/c1-16-6-2-3-11(15)8-9-7-10(13)4-5-12(9)14/h4-5,7H,2-3,6,8H2,1H3. The summed E-state index contributed by atoms with van der Waals surface area (Å²) in [5.41, 5.74) is 0.113. The third-order valence-electron chi connectivity index (χ3n) is 2.20. The fourth-order valence-corrected chi connectivity index (χ4v) is 1.39. The lowest BCUT2D eigenvalue weighted by molar-refractivity contribution is -0.118. The van der Waals surface area contributed by atoms with E-state index in [-0.39, 0.29) is 17.8 Å². The summed E-state index contributed by atoms with van der Waals surface area (Å²) in [7, 11) is 1.55. The zero-order valence-electron chi connectivity index (χ0n) is 9.13. The van der Waals surface area contributed by atoms with Crippen molar-refractivity contribution in [3.05, 3.63) is 35.4 Å². The minimum Gasteiger partial charge on any atom is -0.385 e. The number of Topliss-reactive ketones (excluding diaryl/α,β-unsaturated/α-hetero) is 1. The Hall–Kier alpha value is -1.29. The number of carbonyl (C=O) groups excluding carboxylic acids is 1. The van der Waals surface area contributed by atoms with E-state index in [9.17, 15) is 13.6 Å². The van der Waals surface area contributed by atoms with E-state index < -0.39 is 11.6 Å². The number of ether oxygens (including phenoxy) is 1. The number of ketones is 1. The maximum atomic E-state index is 13.2. The molecule has 0 radical (unpaired) electrons. The molecule has 0 bridgehead atoms. The number of carbonyl (C=O) groups is 1. The van der Waals surface area contributed by atoms with Gasteiger partial charge in [-0.1, -0.05) is 0 Å². The van der Waals surface area contributed by atoms with E-state index >= 15 is 0 Å². The maximum absolute atomic E-state index is 13.2. The Bertz CT molecular complexity index is 364. The third-order valence-corrected chi connectivity index (χ3v) is 2.20. The van der Waals surface area contributed by atoms with E-state index in [2.05, 4.69) is 0 Å². The molecule has 0 aliphatic carbocycles. The van der Waals surface area contributed by atoms with E-state index in [1.807, 2.05) is 0 Å². The molecule has 0 aromatic heterocycles. The first-order valence-electron chi connectivity index (χ1n) is 5.08. The van der Waals surface area contributed by atoms with Crippen LogP contribution in [0.1, 0.15) is 18.4 Å². The molecular formula is C12H14F2O2. The molecule has 0 amide bonds. The first-order valence-corrected chi connectivity index (χ1v) is 5.08. The quantitative estimate of drug-likeness (QED) is 0.699. The Morgan fingerprint density at radius 2 is 2.12 bits per heavy atom. The second-order valence-corrected chi connectivity index (χ2v) is 3.55. The van der Waals surface area contributed by atoms with E-state index in [0.717, 1.165) is 18.2 Å². The normalized spacial score (nSPS) is 10.4. The van der Waals surface area contributed by atoms with E-state index in [1.165, 1.54) is 0 Å². The van der Waals surface area contributed by atoms with Crippen LogP contribution in [0.3, 0.4) is 0 Å². The van der Waals surface area contributed by atoms with Crippen LogP contribution in [0.15, 0.2) is 18.2 Å². The fraction of sp³-hybridized carbons (Fsp3) is 0.417. The minimum absolute atomic E-state index is 0.0622. The highest BCUT2D eigenvalue weighted by Gasteiger charge is 2.09. The maximum Gasteiger partial charge on any atom is 0.137 e. The lowest BCUT2D eigenvalue weighted by Crippen LogP contribution is -2.06. The largest absolute Gasteiger partial charge is 0.385 e. The lowest BCUT2D eigenvalue weighted by Gasteiger charge is -2.03. The van der Waals surface area contributed by atoms with Gasteiger partial charge in [0.1, 0.15) is 17.4 Å². The highest BCUT2D eigenvalue weighted by atomic mass is 19.1. The molecule has 0 fully saturated rings. The van der Waals surface area contributed by atoms with E-state index in [4.69, 9.17) is 4.74 Å². The molecule has 0 N–H and O–H groups in total. The zero-order chi connectivity index (χ0) is 12.0. The highest BCUT2D eigenvalue weighted by molar-refractivity contribution is 5.80. The number of halogens is 2. The van der Waals surface area contributed by atoms with Crippen molar-refractivity contribution in [1.82, 2.24) is 0 Å². The van der Waals surface area contributed by atoms with Gasteiger partial charge in [0.05, 0.1) is 0 Å². The van der Waals surface area contributed by atoms with Crippen molar-refractivity contribution < 1.29 is 18.3 Å². The van der Waals surface area contributed by atoms with Crippen LogP contribution in [0, 0.1) is 11.6 Å². The van der Waals surface area contributed by atoms with Gasteiger partial charge in [0, 0.05) is 26.6 Å². The second-order valence-electron chi connectivity index (χ2n) is 3.55. The van der Waals surface area contributed by atoms with Gasteiger partial charge in [-0.2, -0.15) is 0 Å². The molecule has 1 rings (SSSR count). The van der Waals surface area contributed by atoms with Crippen LogP contribution in [0.5, 0.6) is 0 Å². The van der Waals surface area contributed by atoms with Gasteiger partial charge >= 0.3 is 0 Å². The van der Waals surface area contributed by atoms with Crippen molar-refractivity contribution in [2.75, 3.05) is 13.7 Å². The first kappa shape index (κ1) is 12.8. The van der Waals surface area contributed by atoms with Gasteiger partial charge in [0.15, 0.2) is 0 Å². The molecule has 0 spiro atoms. The molecule has 1 aromatic rings. The monoisotopic (exact) mass is 228 g/mol. The predicted molar refractivity (Wildman–Crippen MR) is 56.2 cm³/mol. The van der Waals surface area contributed by atoms with Crippen LogP contribution in [0.2, 0.25) is 0 Å². The van der Waals surface area contributed by atoms with Crippen molar-refractivity contribution in [2.45, 2.75) is 19.3 Å². The molecule has 88 valence electrons. The average Bonchev–Trinajstić information content (AvgIpc) is 2.24. The smallest absolute Gasteiger partial charge is 0.137 e. The number of rotatable bonds is 6. The third kappa shape index (κ3) is 4.06. The average molecular weight is 228 g/mol. The van der Waals surface area contributed by atoms with Crippen LogP contribution in [-0.4, -0.2) is 19.5 Å². The molecule has 4 heteroatoms. The molecule has 16 heavy (non-hydrogen) atoms. The summed E-state index contributed by atoms with van der Waals surface area (Å²) in [4.78, 5) is 11.4. The summed E-state index contributed by atoms with van der Waals surface area (Å²) in [6.07, 6.45) is 0.864. The van der Waals surface area contributed by atoms with Crippen molar-refractivity contribution in [1.29, 1.82) is 0 Å². The molecule has 0 saturated carbocycles. The van der Waals surface area contributed by atoms with Gasteiger partial charge in [0.2, 0.25) is 0 Å². The van der Waals surface area contributed by atoms with Gasteiger partial charge < -0.3 is 4.74 Å². The Morgan fingerprint density at radius 3 is 2.81 bits per heavy atom. The molecule has 0 aliphatic rings. The van der Waals surface area contributed by atoms with Gasteiger partial charge in [-0.15, -0.1) is 0 Å². The molecule has 0 saturated heterocycles. The minimum atomic E-state index is -0.540. The number of hydrogen-bond acceptors (Lipinski definition) is 2. The molecule has 2 nitrogen and oxygen atoms in total. The summed E-state index contributed by atoms with van der Waals surface area (Å²) < 4.78 is 30.8. The number of methoxy groups -OCH3 is 1. The van der Waals surface area contributed by atoms with Gasteiger partial charge in [-0.05, 0) is 30.2 Å². The van der Waals surface area contributed by atoms with E-state index in [1.54, 1.807) is 7.11 Å². The molecule has 1 aromatic carbocycles. The lowest BCUT2D eigenvalue weighted by atomic mass is 10.1. The summed E-state index contributed by atoms with van der Waals surface area (Å²) in [5.74, 6) is -1.18. The van der Waals surface area contributed by atoms with Crippen LogP contribution in [0.4, 0.5) is 8.78 Å². The Labute approximate surface area is 93.2 Å². The van der Waals surface area contributed by atoms with E-state index in [0.29, 0.717) is 19.4 Å². The summed E-state index contributed by atoms with van der Waals surface area (Å²) in [5, 5.41) is 0. The summed E-state index contributed by atoms with van der Waals surface area (Å²) >= 11 is 0.